The Morgan fingerprint density at radius 2 is 2.11 bits per heavy atom. The molecule has 2 aliphatic rings. The van der Waals surface area contributed by atoms with Crippen molar-refractivity contribution in [3.05, 3.63) is 10.6 Å². The number of thiazole rings is 1. The number of carbonyl (C=O) groups excluding carboxylic acids is 3. The highest BCUT2D eigenvalue weighted by Gasteiger charge is 2.31. The van der Waals surface area contributed by atoms with Crippen molar-refractivity contribution in [1.29, 1.82) is 0 Å². The molecule has 1 fully saturated rings. The quantitative estimate of drug-likeness (QED) is 0.802. The van der Waals surface area contributed by atoms with Crippen LogP contribution in [0.15, 0.2) is 0 Å². The van der Waals surface area contributed by atoms with Crippen molar-refractivity contribution in [1.82, 2.24) is 15.2 Å². The number of anilines is 1. The van der Waals surface area contributed by atoms with Crippen LogP contribution in [0.1, 0.15) is 55.4 Å². The van der Waals surface area contributed by atoms with Crippen LogP contribution in [-0.4, -0.2) is 53.0 Å². The first-order chi connectivity index (χ1) is 12.7. The van der Waals surface area contributed by atoms with Gasteiger partial charge in [0.05, 0.1) is 11.6 Å². The number of nitrogens with one attached hydrogen (secondary N) is 2. The highest BCUT2D eigenvalue weighted by atomic mass is 32.1. The van der Waals surface area contributed by atoms with Gasteiger partial charge in [-0.3, -0.25) is 9.59 Å². The highest BCUT2D eigenvalue weighted by molar-refractivity contribution is 7.17. The van der Waals surface area contributed by atoms with E-state index in [-0.39, 0.29) is 17.7 Å². The fourth-order valence-electron chi connectivity index (χ4n) is 3.18. The molecule has 3 rings (SSSR count). The van der Waals surface area contributed by atoms with E-state index in [4.69, 9.17) is 4.74 Å². The van der Waals surface area contributed by atoms with Crippen LogP contribution in [0.4, 0.5) is 9.93 Å². The van der Waals surface area contributed by atoms with Crippen LogP contribution in [0.2, 0.25) is 0 Å². The van der Waals surface area contributed by atoms with Gasteiger partial charge in [-0.1, -0.05) is 11.3 Å². The summed E-state index contributed by atoms with van der Waals surface area (Å²) in [5, 5.41) is 6.10. The fraction of sp³-hybridized carbons (Fsp3) is 0.667. The van der Waals surface area contributed by atoms with Gasteiger partial charge in [-0.05, 0) is 46.5 Å². The Labute approximate surface area is 162 Å². The molecule has 9 heteroatoms. The standard InChI is InChI=1S/C18H26N4O4S/c1-18(2,3)26-17(25)22-9-5-6-11(10-22)14(23)21-16-20-12-7-4-8-19-15(24)13(12)27-16/h11H,4-10H2,1-3H3,(H,19,24)(H,20,21,23). The van der Waals surface area contributed by atoms with Gasteiger partial charge in [0.1, 0.15) is 10.5 Å². The summed E-state index contributed by atoms with van der Waals surface area (Å²) >= 11 is 1.20. The summed E-state index contributed by atoms with van der Waals surface area (Å²) in [6.45, 7) is 7.02. The predicted octanol–water partition coefficient (Wildman–Crippen LogP) is 2.40. The van der Waals surface area contributed by atoms with Crippen LogP contribution in [0.5, 0.6) is 0 Å². The van der Waals surface area contributed by atoms with Crippen molar-refractivity contribution in [2.75, 3.05) is 25.0 Å². The lowest BCUT2D eigenvalue weighted by Crippen LogP contribution is -2.45. The summed E-state index contributed by atoms with van der Waals surface area (Å²) in [4.78, 5) is 43.5. The lowest BCUT2D eigenvalue weighted by Gasteiger charge is -2.33. The Morgan fingerprint density at radius 3 is 2.85 bits per heavy atom. The SMILES string of the molecule is CC(C)(C)OC(=O)N1CCCC(C(=O)Nc2nc3c(s2)C(=O)NCCC3)C1. The maximum absolute atomic E-state index is 12.7. The molecule has 0 bridgehead atoms. The molecule has 0 aromatic carbocycles. The van der Waals surface area contributed by atoms with Gasteiger partial charge in [0.15, 0.2) is 5.13 Å². The zero-order valence-electron chi connectivity index (χ0n) is 16.0. The highest BCUT2D eigenvalue weighted by Crippen LogP contribution is 2.27. The molecule has 2 aliphatic heterocycles. The van der Waals surface area contributed by atoms with E-state index in [9.17, 15) is 14.4 Å². The van der Waals surface area contributed by atoms with Crippen molar-refractivity contribution in [3.63, 3.8) is 0 Å². The third-order valence-electron chi connectivity index (χ3n) is 4.45. The molecule has 3 amide bonds. The molecular formula is C18H26N4O4S. The van der Waals surface area contributed by atoms with E-state index in [1.54, 1.807) is 4.90 Å². The summed E-state index contributed by atoms with van der Waals surface area (Å²) in [7, 11) is 0. The Balaban J connectivity index is 1.62. The Morgan fingerprint density at radius 1 is 1.33 bits per heavy atom. The lowest BCUT2D eigenvalue weighted by molar-refractivity contribution is -0.121. The summed E-state index contributed by atoms with van der Waals surface area (Å²) < 4.78 is 5.40. The molecule has 0 radical (unpaired) electrons. The third kappa shape index (κ3) is 4.97. The van der Waals surface area contributed by atoms with E-state index in [2.05, 4.69) is 15.6 Å². The van der Waals surface area contributed by atoms with Crippen LogP contribution in [-0.2, 0) is 16.0 Å². The normalized spacial score (nSPS) is 20.3. The Kier molecular flexibility index (Phi) is 5.69. The van der Waals surface area contributed by atoms with Gasteiger partial charge < -0.3 is 20.3 Å². The number of likely N-dealkylation sites (tertiary alicyclic amines) is 1. The van der Waals surface area contributed by atoms with E-state index in [0.717, 1.165) is 25.0 Å². The molecule has 1 aromatic rings. The molecule has 0 aliphatic carbocycles. The van der Waals surface area contributed by atoms with E-state index < -0.39 is 11.7 Å². The van der Waals surface area contributed by atoms with Gasteiger partial charge in [-0.2, -0.15) is 0 Å². The summed E-state index contributed by atoms with van der Waals surface area (Å²) in [6, 6.07) is 0. The number of hydrogen-bond acceptors (Lipinski definition) is 6. The maximum Gasteiger partial charge on any atom is 0.410 e. The zero-order valence-corrected chi connectivity index (χ0v) is 16.8. The molecule has 1 atom stereocenters. The third-order valence-corrected chi connectivity index (χ3v) is 5.47. The number of carbonyl (C=O) groups is 3. The average Bonchev–Trinajstić information content (AvgIpc) is 2.92. The predicted molar refractivity (Wildman–Crippen MR) is 102 cm³/mol. The van der Waals surface area contributed by atoms with E-state index in [0.29, 0.717) is 36.1 Å². The fourth-order valence-corrected chi connectivity index (χ4v) is 4.11. The Hall–Kier alpha value is -2.16. The lowest BCUT2D eigenvalue weighted by atomic mass is 9.97. The second-order valence-corrected chi connectivity index (χ2v) is 8.91. The van der Waals surface area contributed by atoms with Crippen LogP contribution in [0, 0.1) is 5.92 Å². The maximum atomic E-state index is 12.7. The van der Waals surface area contributed by atoms with Crippen molar-refractivity contribution in [3.8, 4) is 0 Å². The summed E-state index contributed by atoms with van der Waals surface area (Å²) in [5.41, 5.74) is 0.176. The number of fused-ring (bicyclic) bond motifs is 1. The largest absolute Gasteiger partial charge is 0.444 e. The van der Waals surface area contributed by atoms with Crippen LogP contribution in [0.3, 0.4) is 0 Å². The molecule has 2 N–H and O–H groups in total. The number of amides is 3. The first kappa shape index (κ1) is 19.6. The smallest absolute Gasteiger partial charge is 0.410 e. The van der Waals surface area contributed by atoms with Crippen molar-refractivity contribution in [2.45, 2.75) is 52.1 Å². The molecule has 1 aromatic heterocycles. The molecule has 148 valence electrons. The molecule has 3 heterocycles. The average molecular weight is 394 g/mol. The number of hydrogen-bond donors (Lipinski definition) is 2. The number of nitrogens with zero attached hydrogens (tertiary/aromatic N) is 2. The van der Waals surface area contributed by atoms with Gasteiger partial charge >= 0.3 is 6.09 Å². The number of aryl methyl sites for hydroxylation is 1. The van der Waals surface area contributed by atoms with Gasteiger partial charge in [0, 0.05) is 19.6 Å². The molecule has 27 heavy (non-hydrogen) atoms. The van der Waals surface area contributed by atoms with E-state index in [1.807, 2.05) is 20.8 Å². The van der Waals surface area contributed by atoms with E-state index in [1.165, 1.54) is 11.3 Å². The number of piperidine rings is 1. The number of rotatable bonds is 2. The molecule has 0 saturated carbocycles. The van der Waals surface area contributed by atoms with Gasteiger partial charge in [-0.15, -0.1) is 0 Å². The van der Waals surface area contributed by atoms with Crippen molar-refractivity contribution in [2.24, 2.45) is 5.92 Å². The van der Waals surface area contributed by atoms with Crippen molar-refractivity contribution >= 4 is 34.4 Å². The molecular weight excluding hydrogens is 368 g/mol. The van der Waals surface area contributed by atoms with Crippen LogP contribution < -0.4 is 10.6 Å². The minimum Gasteiger partial charge on any atom is -0.444 e. The minimum atomic E-state index is -0.564. The van der Waals surface area contributed by atoms with Gasteiger partial charge in [0.25, 0.3) is 5.91 Å². The minimum absolute atomic E-state index is 0.130. The van der Waals surface area contributed by atoms with Gasteiger partial charge in [-0.25, -0.2) is 9.78 Å². The van der Waals surface area contributed by atoms with Crippen molar-refractivity contribution < 1.29 is 19.1 Å². The van der Waals surface area contributed by atoms with Gasteiger partial charge in [0.2, 0.25) is 5.91 Å². The molecule has 0 spiro atoms. The topological polar surface area (TPSA) is 101 Å². The summed E-state index contributed by atoms with van der Waals surface area (Å²) in [5.74, 6) is -0.620. The summed E-state index contributed by atoms with van der Waals surface area (Å²) in [6.07, 6.45) is 2.61. The first-order valence-electron chi connectivity index (χ1n) is 9.29. The molecule has 8 nitrogen and oxygen atoms in total. The second-order valence-electron chi connectivity index (χ2n) is 7.91. The molecule has 1 unspecified atom stereocenters. The zero-order chi connectivity index (χ0) is 19.6. The first-order valence-corrected chi connectivity index (χ1v) is 10.1. The molecule has 1 saturated heterocycles. The number of ether oxygens (including phenoxy) is 1. The van der Waals surface area contributed by atoms with Crippen LogP contribution in [0.25, 0.3) is 0 Å². The monoisotopic (exact) mass is 394 g/mol. The van der Waals surface area contributed by atoms with E-state index >= 15 is 0 Å². The van der Waals surface area contributed by atoms with Crippen LogP contribution >= 0.6 is 11.3 Å². The second kappa shape index (κ2) is 7.84. The Bertz CT molecular complexity index is 740. The number of aromatic nitrogens is 1.